The molecule has 0 spiro atoms. The fourth-order valence-electron chi connectivity index (χ4n) is 0.989. The second-order valence-electron chi connectivity index (χ2n) is 2.20. The SMILES string of the molecule is [2H]C([2H])(O)c1cn2ccccc2n1. The molecule has 1 N–H and O–H groups in total. The van der Waals surface area contributed by atoms with Crippen LogP contribution in [0.4, 0.5) is 0 Å². The molecule has 0 aliphatic heterocycles. The van der Waals surface area contributed by atoms with Gasteiger partial charge in [-0.05, 0) is 12.1 Å². The molecule has 2 aromatic rings. The zero-order chi connectivity index (χ0) is 9.47. The lowest BCUT2D eigenvalue weighted by atomic mass is 10.5. The van der Waals surface area contributed by atoms with Crippen LogP contribution in [0.3, 0.4) is 0 Å². The first-order valence-electron chi connectivity index (χ1n) is 4.24. The van der Waals surface area contributed by atoms with E-state index in [1.807, 2.05) is 6.07 Å². The molecular weight excluding hydrogens is 140 g/mol. The van der Waals surface area contributed by atoms with Crippen LogP contribution in [-0.2, 0) is 6.56 Å². The monoisotopic (exact) mass is 150 g/mol. The molecule has 2 rings (SSSR count). The second-order valence-corrected chi connectivity index (χ2v) is 2.20. The number of pyridine rings is 1. The molecule has 56 valence electrons. The molecule has 2 heterocycles. The summed E-state index contributed by atoms with van der Waals surface area (Å²) < 4.78 is 15.8. The molecule has 0 aliphatic rings. The summed E-state index contributed by atoms with van der Waals surface area (Å²) in [7, 11) is 0. The smallest absolute Gasteiger partial charge is 0.137 e. The lowest BCUT2D eigenvalue weighted by Crippen LogP contribution is -1.78. The molecule has 0 aliphatic carbocycles. The summed E-state index contributed by atoms with van der Waals surface area (Å²) in [6.45, 7) is -2.37. The number of nitrogens with zero attached hydrogens (tertiary/aromatic N) is 2. The van der Waals surface area contributed by atoms with Crippen LogP contribution in [0.15, 0.2) is 30.6 Å². The highest BCUT2D eigenvalue weighted by Gasteiger charge is 1.96. The standard InChI is InChI=1S/C8H8N2O/c11-6-7-5-10-4-2-1-3-8(10)9-7/h1-5,11H,6H2/i6D2. The number of rotatable bonds is 1. The van der Waals surface area contributed by atoms with E-state index in [0.717, 1.165) is 0 Å². The number of hydrogen-bond donors (Lipinski definition) is 1. The minimum Gasteiger partial charge on any atom is -0.390 e. The van der Waals surface area contributed by atoms with E-state index in [4.69, 9.17) is 7.85 Å². The Kier molecular flexibility index (Phi) is 0.967. The Morgan fingerprint density at radius 1 is 1.64 bits per heavy atom. The zero-order valence-electron chi connectivity index (χ0n) is 7.73. The van der Waals surface area contributed by atoms with Gasteiger partial charge in [-0.2, -0.15) is 0 Å². The highest BCUT2D eigenvalue weighted by Crippen LogP contribution is 2.03. The molecule has 0 bridgehead atoms. The summed E-state index contributed by atoms with van der Waals surface area (Å²) in [6.07, 6.45) is 3.22. The molecule has 0 aromatic carbocycles. The van der Waals surface area contributed by atoms with Gasteiger partial charge in [-0.1, -0.05) is 6.07 Å². The van der Waals surface area contributed by atoms with Crippen molar-refractivity contribution in [2.75, 3.05) is 0 Å². The van der Waals surface area contributed by atoms with Gasteiger partial charge in [-0.25, -0.2) is 4.98 Å². The molecule has 3 heteroatoms. The quantitative estimate of drug-likeness (QED) is 0.653. The van der Waals surface area contributed by atoms with Crippen LogP contribution in [0.25, 0.3) is 5.65 Å². The van der Waals surface area contributed by atoms with Crippen LogP contribution in [0, 0.1) is 0 Å². The van der Waals surface area contributed by atoms with Crippen molar-refractivity contribution >= 4 is 5.65 Å². The van der Waals surface area contributed by atoms with Gasteiger partial charge in [0.05, 0.1) is 15.0 Å². The fourth-order valence-corrected chi connectivity index (χ4v) is 0.989. The number of imidazole rings is 1. The maximum atomic E-state index is 9.05. The highest BCUT2D eigenvalue weighted by molar-refractivity contribution is 5.39. The lowest BCUT2D eigenvalue weighted by molar-refractivity contribution is 0.277. The minimum atomic E-state index is -2.37. The van der Waals surface area contributed by atoms with Gasteiger partial charge in [-0.15, -0.1) is 0 Å². The number of hydrogen-bond acceptors (Lipinski definition) is 2. The van der Waals surface area contributed by atoms with Crippen LogP contribution in [0.5, 0.6) is 0 Å². The molecule has 3 nitrogen and oxygen atoms in total. The van der Waals surface area contributed by atoms with Crippen molar-refractivity contribution in [3.8, 4) is 0 Å². The van der Waals surface area contributed by atoms with Gasteiger partial charge >= 0.3 is 0 Å². The van der Waals surface area contributed by atoms with Crippen LogP contribution in [-0.4, -0.2) is 14.5 Å². The average molecular weight is 150 g/mol. The van der Waals surface area contributed by atoms with Crippen molar-refractivity contribution in [3.05, 3.63) is 36.3 Å². The molecule has 0 amide bonds. The third kappa shape index (κ3) is 0.991. The maximum Gasteiger partial charge on any atom is 0.137 e. The molecule has 0 atom stereocenters. The van der Waals surface area contributed by atoms with Gasteiger partial charge in [0.1, 0.15) is 5.65 Å². The van der Waals surface area contributed by atoms with E-state index < -0.39 is 6.56 Å². The van der Waals surface area contributed by atoms with Crippen LogP contribution < -0.4 is 0 Å². The van der Waals surface area contributed by atoms with Crippen molar-refractivity contribution < 1.29 is 7.85 Å². The molecule has 0 saturated carbocycles. The number of aromatic nitrogens is 2. The number of fused-ring (bicyclic) bond motifs is 1. The average Bonchev–Trinajstić information content (AvgIpc) is 2.45. The topological polar surface area (TPSA) is 37.5 Å². The van der Waals surface area contributed by atoms with E-state index in [1.54, 1.807) is 22.7 Å². The normalized spacial score (nSPS) is 14.6. The summed E-state index contributed by atoms with van der Waals surface area (Å²) >= 11 is 0. The Hall–Kier alpha value is -1.35. The summed E-state index contributed by atoms with van der Waals surface area (Å²) in [5.41, 5.74) is 0.647. The van der Waals surface area contributed by atoms with Crippen LogP contribution >= 0.6 is 0 Å². The Morgan fingerprint density at radius 2 is 2.55 bits per heavy atom. The van der Waals surface area contributed by atoms with Crippen molar-refractivity contribution in [2.45, 2.75) is 6.56 Å². The third-order valence-corrected chi connectivity index (χ3v) is 1.48. The molecule has 0 radical (unpaired) electrons. The van der Waals surface area contributed by atoms with E-state index in [0.29, 0.717) is 5.65 Å². The Morgan fingerprint density at radius 3 is 3.27 bits per heavy atom. The molecule has 0 fully saturated rings. The predicted molar refractivity (Wildman–Crippen MR) is 41.1 cm³/mol. The van der Waals surface area contributed by atoms with Gasteiger partial charge in [-0.3, -0.25) is 0 Å². The van der Waals surface area contributed by atoms with Crippen molar-refractivity contribution in [3.63, 3.8) is 0 Å². The largest absolute Gasteiger partial charge is 0.390 e. The molecule has 0 saturated heterocycles. The van der Waals surface area contributed by atoms with Gasteiger partial charge < -0.3 is 9.51 Å². The number of aliphatic hydroxyl groups is 1. The van der Waals surface area contributed by atoms with Gasteiger partial charge in [0.25, 0.3) is 0 Å². The second kappa shape index (κ2) is 2.36. The van der Waals surface area contributed by atoms with Crippen LogP contribution in [0.1, 0.15) is 8.44 Å². The first kappa shape index (κ1) is 4.51. The maximum absolute atomic E-state index is 9.05. The van der Waals surface area contributed by atoms with E-state index in [-0.39, 0.29) is 5.69 Å². The van der Waals surface area contributed by atoms with E-state index in [9.17, 15) is 0 Å². The summed E-state index contributed by atoms with van der Waals surface area (Å²) in [5.74, 6) is 0. The third-order valence-electron chi connectivity index (χ3n) is 1.48. The molecular formula is C8H8N2O. The Bertz CT molecular complexity index is 400. The van der Waals surface area contributed by atoms with E-state index >= 15 is 0 Å². The molecule has 0 unspecified atom stereocenters. The van der Waals surface area contributed by atoms with E-state index in [1.165, 1.54) is 6.20 Å². The van der Waals surface area contributed by atoms with Gasteiger partial charge in [0.15, 0.2) is 0 Å². The zero-order valence-corrected chi connectivity index (χ0v) is 5.73. The lowest BCUT2D eigenvalue weighted by Gasteiger charge is -1.86. The van der Waals surface area contributed by atoms with Crippen molar-refractivity contribution in [2.24, 2.45) is 0 Å². The van der Waals surface area contributed by atoms with Crippen molar-refractivity contribution in [1.29, 1.82) is 0 Å². The van der Waals surface area contributed by atoms with Crippen LogP contribution in [0.2, 0.25) is 0 Å². The predicted octanol–water partition coefficient (Wildman–Crippen LogP) is 0.827. The van der Waals surface area contributed by atoms with Gasteiger partial charge in [0.2, 0.25) is 0 Å². The fraction of sp³-hybridized carbons (Fsp3) is 0.125. The summed E-state index contributed by atoms with van der Waals surface area (Å²) in [4.78, 5) is 3.92. The summed E-state index contributed by atoms with van der Waals surface area (Å²) in [5, 5.41) is 9.05. The Labute approximate surface area is 66.7 Å². The first-order chi connectivity index (χ1) is 6.07. The Balaban J connectivity index is 2.63. The highest BCUT2D eigenvalue weighted by atomic mass is 16.3. The molecule has 11 heavy (non-hydrogen) atoms. The molecule has 2 aromatic heterocycles. The first-order valence-corrected chi connectivity index (χ1v) is 3.24. The minimum absolute atomic E-state index is 0.0266. The van der Waals surface area contributed by atoms with Gasteiger partial charge in [0, 0.05) is 12.4 Å². The van der Waals surface area contributed by atoms with E-state index in [2.05, 4.69) is 4.98 Å². The summed E-state index contributed by atoms with van der Waals surface area (Å²) in [6, 6.07) is 5.36. The van der Waals surface area contributed by atoms with Crippen molar-refractivity contribution in [1.82, 2.24) is 9.38 Å².